The molecule has 1 heterocycles. The van der Waals surface area contributed by atoms with E-state index in [1.165, 1.54) is 18.3 Å². The van der Waals surface area contributed by atoms with Crippen molar-refractivity contribution in [1.82, 2.24) is 0 Å². The Morgan fingerprint density at radius 3 is 2.69 bits per heavy atom. The predicted octanol–water partition coefficient (Wildman–Crippen LogP) is -1.58. The predicted molar refractivity (Wildman–Crippen MR) is 38.6 cm³/mol. The molecular weight excluding hydrogens is 174 g/mol. The highest BCUT2D eigenvalue weighted by atomic mass is 16.4. The van der Waals surface area contributed by atoms with Crippen LogP contribution in [-0.4, -0.2) is 17.0 Å². The monoisotopic (exact) mass is 181 g/mol. The number of aromatic carboxylic acids is 1. The summed E-state index contributed by atoms with van der Waals surface area (Å²) < 4.78 is 1.09. The minimum atomic E-state index is -1.39. The Balaban J connectivity index is 3.04. The number of carboxylic acids is 2. The van der Waals surface area contributed by atoms with Crippen molar-refractivity contribution >= 4 is 11.9 Å². The second kappa shape index (κ2) is 3.66. The first kappa shape index (κ1) is 9.18. The maximum Gasteiger partial charge on any atom is 0.370 e. The standard InChI is InChI=1S/C8H7NO4/c10-7(11)5-9-4-2-1-3-6(9)8(12)13/h1-4H,5H2,(H-,10,11,12,13). The summed E-state index contributed by atoms with van der Waals surface area (Å²) in [6.07, 6.45) is 1.37. The first-order valence-electron chi connectivity index (χ1n) is 3.53. The topological polar surface area (TPSA) is 81.3 Å². The molecule has 0 aliphatic heterocycles. The van der Waals surface area contributed by atoms with Crippen molar-refractivity contribution in [3.8, 4) is 0 Å². The van der Waals surface area contributed by atoms with Crippen LogP contribution in [0.25, 0.3) is 0 Å². The van der Waals surface area contributed by atoms with Gasteiger partial charge in [0.05, 0.1) is 0 Å². The SMILES string of the molecule is O=C(O)C[n+]1ccccc1C(=O)[O-]. The zero-order chi connectivity index (χ0) is 9.84. The van der Waals surface area contributed by atoms with Crippen LogP contribution in [0.4, 0.5) is 0 Å². The third-order valence-corrected chi connectivity index (χ3v) is 1.46. The van der Waals surface area contributed by atoms with E-state index in [2.05, 4.69) is 0 Å². The van der Waals surface area contributed by atoms with Crippen molar-refractivity contribution in [2.24, 2.45) is 0 Å². The molecule has 1 rings (SSSR count). The lowest BCUT2D eigenvalue weighted by Crippen LogP contribution is -2.46. The van der Waals surface area contributed by atoms with Crippen LogP contribution in [0.3, 0.4) is 0 Å². The molecule has 0 saturated heterocycles. The normalized spacial score (nSPS) is 9.54. The Kier molecular flexibility index (Phi) is 2.59. The summed E-state index contributed by atoms with van der Waals surface area (Å²) in [7, 11) is 0. The van der Waals surface area contributed by atoms with E-state index in [1.807, 2.05) is 0 Å². The van der Waals surface area contributed by atoms with Crippen LogP contribution in [0, 0.1) is 0 Å². The smallest absolute Gasteiger partial charge is 0.370 e. The Morgan fingerprint density at radius 1 is 1.46 bits per heavy atom. The van der Waals surface area contributed by atoms with E-state index in [0.717, 1.165) is 4.57 Å². The summed E-state index contributed by atoms with van der Waals surface area (Å²) in [5.74, 6) is -2.49. The molecule has 0 bridgehead atoms. The molecule has 0 aromatic carbocycles. The molecule has 0 atom stereocenters. The number of rotatable bonds is 3. The highest BCUT2D eigenvalue weighted by Crippen LogP contribution is 1.88. The summed E-state index contributed by atoms with van der Waals surface area (Å²) in [6.45, 7) is -0.385. The van der Waals surface area contributed by atoms with Crippen molar-refractivity contribution in [1.29, 1.82) is 0 Å². The van der Waals surface area contributed by atoms with Crippen molar-refractivity contribution in [2.45, 2.75) is 6.54 Å². The third-order valence-electron chi connectivity index (χ3n) is 1.46. The summed E-state index contributed by atoms with van der Waals surface area (Å²) in [5, 5.41) is 18.9. The van der Waals surface area contributed by atoms with Crippen LogP contribution in [0.5, 0.6) is 0 Å². The molecule has 0 amide bonds. The molecule has 5 nitrogen and oxygen atoms in total. The van der Waals surface area contributed by atoms with Gasteiger partial charge >= 0.3 is 5.97 Å². The molecule has 0 unspecified atom stereocenters. The Bertz CT molecular complexity index is 348. The summed E-state index contributed by atoms with van der Waals surface area (Å²) >= 11 is 0. The largest absolute Gasteiger partial charge is 0.539 e. The highest BCUT2D eigenvalue weighted by molar-refractivity contribution is 5.81. The first-order valence-corrected chi connectivity index (χ1v) is 3.53. The van der Waals surface area contributed by atoms with Crippen LogP contribution >= 0.6 is 0 Å². The maximum absolute atomic E-state index is 10.5. The van der Waals surface area contributed by atoms with Crippen LogP contribution in [0.2, 0.25) is 0 Å². The van der Waals surface area contributed by atoms with E-state index in [4.69, 9.17) is 5.11 Å². The van der Waals surface area contributed by atoms with Crippen molar-refractivity contribution in [3.63, 3.8) is 0 Å². The van der Waals surface area contributed by atoms with Gasteiger partial charge in [-0.15, -0.1) is 0 Å². The molecule has 1 aromatic rings. The third kappa shape index (κ3) is 2.26. The molecule has 1 aromatic heterocycles. The fraction of sp³-hybridized carbons (Fsp3) is 0.125. The lowest BCUT2D eigenvalue weighted by Gasteiger charge is -2.00. The van der Waals surface area contributed by atoms with E-state index in [0.29, 0.717) is 0 Å². The molecule has 0 fully saturated rings. The number of hydrogen-bond acceptors (Lipinski definition) is 3. The molecule has 0 aliphatic carbocycles. The number of carboxylic acid groups (broad SMARTS) is 2. The van der Waals surface area contributed by atoms with Gasteiger partial charge in [0.1, 0.15) is 5.97 Å². The zero-order valence-corrected chi connectivity index (χ0v) is 6.64. The van der Waals surface area contributed by atoms with Gasteiger partial charge in [0.15, 0.2) is 6.20 Å². The van der Waals surface area contributed by atoms with E-state index in [-0.39, 0.29) is 12.2 Å². The number of nitrogens with zero attached hydrogens (tertiary/aromatic N) is 1. The van der Waals surface area contributed by atoms with Gasteiger partial charge in [0.2, 0.25) is 12.2 Å². The molecule has 0 radical (unpaired) electrons. The molecule has 5 heteroatoms. The van der Waals surface area contributed by atoms with E-state index in [1.54, 1.807) is 6.07 Å². The average Bonchev–Trinajstić information content (AvgIpc) is 2.03. The second-order valence-corrected chi connectivity index (χ2v) is 2.39. The minimum absolute atomic E-state index is 0.148. The zero-order valence-electron chi connectivity index (χ0n) is 6.64. The number of aliphatic carboxylic acids is 1. The summed E-state index contributed by atoms with van der Waals surface area (Å²) in [6, 6.07) is 4.34. The number of carbonyl (C=O) groups is 2. The van der Waals surface area contributed by atoms with Crippen molar-refractivity contribution in [3.05, 3.63) is 30.1 Å². The van der Waals surface area contributed by atoms with E-state index in [9.17, 15) is 14.7 Å². The molecule has 13 heavy (non-hydrogen) atoms. The van der Waals surface area contributed by atoms with Gasteiger partial charge in [-0.25, -0.2) is 4.79 Å². The number of carbonyl (C=O) groups excluding carboxylic acids is 1. The molecule has 0 saturated carbocycles. The number of aromatic nitrogens is 1. The van der Waals surface area contributed by atoms with Crippen LogP contribution in [0.1, 0.15) is 10.5 Å². The fourth-order valence-electron chi connectivity index (χ4n) is 0.945. The van der Waals surface area contributed by atoms with E-state index >= 15 is 0 Å². The van der Waals surface area contributed by atoms with Crippen molar-refractivity contribution in [2.75, 3.05) is 0 Å². The second-order valence-electron chi connectivity index (χ2n) is 2.39. The van der Waals surface area contributed by atoms with Gasteiger partial charge in [-0.1, -0.05) is 0 Å². The van der Waals surface area contributed by atoms with Crippen LogP contribution in [0.15, 0.2) is 24.4 Å². The van der Waals surface area contributed by atoms with Crippen LogP contribution in [-0.2, 0) is 11.3 Å². The maximum atomic E-state index is 10.5. The minimum Gasteiger partial charge on any atom is -0.539 e. The molecular formula is C8H7NO4. The fourth-order valence-corrected chi connectivity index (χ4v) is 0.945. The molecule has 1 N–H and O–H groups in total. The number of hydrogen-bond donors (Lipinski definition) is 1. The van der Waals surface area contributed by atoms with Gasteiger partial charge in [-0.2, -0.15) is 4.57 Å². The van der Waals surface area contributed by atoms with Gasteiger partial charge < -0.3 is 15.0 Å². The van der Waals surface area contributed by atoms with E-state index < -0.39 is 11.9 Å². The number of pyridine rings is 1. The van der Waals surface area contributed by atoms with Gasteiger partial charge in [0.25, 0.3) is 0 Å². The quantitative estimate of drug-likeness (QED) is 0.571. The molecule has 0 spiro atoms. The average molecular weight is 181 g/mol. The molecule has 68 valence electrons. The van der Waals surface area contributed by atoms with Crippen molar-refractivity contribution < 1.29 is 24.4 Å². The van der Waals surface area contributed by atoms with Crippen LogP contribution < -0.4 is 9.67 Å². The summed E-state index contributed by atoms with van der Waals surface area (Å²) in [4.78, 5) is 20.8. The Labute approximate surface area is 73.9 Å². The van der Waals surface area contributed by atoms with Gasteiger partial charge in [-0.05, 0) is 6.07 Å². The lowest BCUT2D eigenvalue weighted by atomic mass is 10.3. The summed E-state index contributed by atoms with van der Waals surface area (Å²) in [5.41, 5.74) is -0.148. The first-order chi connectivity index (χ1) is 6.11. The molecule has 0 aliphatic rings. The lowest BCUT2D eigenvalue weighted by molar-refractivity contribution is -0.690. The van der Waals surface area contributed by atoms with Gasteiger partial charge in [-0.3, -0.25) is 0 Å². The Hall–Kier alpha value is -1.91. The highest BCUT2D eigenvalue weighted by Gasteiger charge is 2.13. The van der Waals surface area contributed by atoms with Gasteiger partial charge in [0, 0.05) is 12.1 Å². The Morgan fingerprint density at radius 2 is 2.15 bits per heavy atom.